The predicted octanol–water partition coefficient (Wildman–Crippen LogP) is 10.4. The van der Waals surface area contributed by atoms with Crippen LogP contribution in [0.15, 0.2) is 170 Å². The monoisotopic (exact) mass is 910 g/mol. The Morgan fingerprint density at radius 1 is 0.631 bits per heavy atom. The molecule has 0 saturated carbocycles. The molecule has 3 atom stereocenters. The zero-order valence-corrected chi connectivity index (χ0v) is 38.7. The van der Waals surface area contributed by atoms with E-state index in [0.29, 0.717) is 33.6 Å². The van der Waals surface area contributed by atoms with Gasteiger partial charge in [-0.1, -0.05) is 43.0 Å². The molecule has 334 valence electrons. The molecule has 0 radical (unpaired) electrons. The van der Waals surface area contributed by atoms with E-state index in [1.807, 2.05) is 133 Å². The Labute approximate surface area is 380 Å². The van der Waals surface area contributed by atoms with Crippen LogP contribution in [-0.2, 0) is 29.0 Å². The molecule has 1 N–H and O–H groups in total. The van der Waals surface area contributed by atoms with Crippen LogP contribution in [0.5, 0.6) is 23.0 Å². The molecule has 2 heterocycles. The third-order valence-corrected chi connectivity index (χ3v) is 17.1. The number of esters is 2. The average Bonchev–Trinajstić information content (AvgIpc) is 3.30. The first-order valence-corrected chi connectivity index (χ1v) is 25.3. The molecule has 0 amide bonds. The SMILES string of the molecule is C=C(C)C(=O)OC(COc1ccc(C(C)(C)c2ccc(OCC(C[PH]3(O)Oc4ccccc4-c4ccccc43)OC(=O)C(=C)C)cc2)cc1)CP1(=O)Oc2ccccc2-c2ccccc21. The fourth-order valence-electron chi connectivity index (χ4n) is 8.16. The van der Waals surface area contributed by atoms with Crippen LogP contribution in [0, 0.1) is 0 Å². The first-order valence-electron chi connectivity index (χ1n) is 21.4. The maximum absolute atomic E-state index is 14.7. The van der Waals surface area contributed by atoms with Gasteiger partial charge in [-0.05, 0) is 24.6 Å². The number of carbonyl (C=O) groups excluding carboxylic acids is 2. The van der Waals surface area contributed by atoms with Gasteiger partial charge in [0.1, 0.15) is 24.2 Å². The normalized spacial score (nSPS) is 16.8. The Morgan fingerprint density at radius 3 is 1.68 bits per heavy atom. The van der Waals surface area contributed by atoms with Crippen molar-refractivity contribution in [2.24, 2.45) is 0 Å². The number of hydrogen-bond donors (Lipinski definition) is 1. The van der Waals surface area contributed by atoms with Gasteiger partial charge < -0.3 is 14.0 Å². The number of ether oxygens (including phenoxy) is 4. The molecule has 65 heavy (non-hydrogen) atoms. The van der Waals surface area contributed by atoms with Crippen molar-refractivity contribution in [1.82, 2.24) is 0 Å². The van der Waals surface area contributed by atoms with Crippen molar-refractivity contribution >= 4 is 37.6 Å². The summed E-state index contributed by atoms with van der Waals surface area (Å²) in [5, 5.41) is 1.27. The van der Waals surface area contributed by atoms with Gasteiger partial charge in [-0.15, -0.1) is 0 Å². The summed E-state index contributed by atoms with van der Waals surface area (Å²) in [5.41, 5.74) is 5.50. The van der Waals surface area contributed by atoms with E-state index in [9.17, 15) is 19.0 Å². The standard InChI is InChI=1S/C53H52O10P2/c1-35(2)51(54)60-41(33-64(56)49-21-13-9-17-45(49)43-15-7-11-19-47(43)62-64)31-58-39-27-23-37(24-28-39)53(5,6)38-25-29-40(30-26-38)59-32-42(61-52(55)36(3)4)34-65(57)50-22-14-10-18-46(50)44-16-8-12-20-48(44)63-65/h7-30,41-42,56,64H,1,3,31-34H2,2,4-6H3. The molecule has 10 nitrogen and oxygen atoms in total. The summed E-state index contributed by atoms with van der Waals surface area (Å²) in [6, 6.07) is 45.5. The molecular weight excluding hydrogens is 859 g/mol. The molecule has 8 rings (SSSR count). The summed E-state index contributed by atoms with van der Waals surface area (Å²) >= 11 is 0. The molecule has 2 aliphatic rings. The summed E-state index contributed by atoms with van der Waals surface area (Å²) in [7, 11) is -7.23. The third kappa shape index (κ3) is 9.67. The summed E-state index contributed by atoms with van der Waals surface area (Å²) in [6.07, 6.45) is -1.79. The van der Waals surface area contributed by atoms with Gasteiger partial charge in [0.15, 0.2) is 0 Å². The fourth-order valence-corrected chi connectivity index (χ4v) is 13.4. The van der Waals surface area contributed by atoms with Crippen molar-refractivity contribution in [3.63, 3.8) is 0 Å². The van der Waals surface area contributed by atoms with E-state index in [0.717, 1.165) is 33.4 Å². The van der Waals surface area contributed by atoms with Crippen molar-refractivity contribution < 1.29 is 47.0 Å². The average molecular weight is 911 g/mol. The number of fused-ring (bicyclic) bond motifs is 6. The minimum absolute atomic E-state index is 0.0230. The molecule has 0 saturated heterocycles. The minimum Gasteiger partial charge on any atom is -0.439 e. The van der Waals surface area contributed by atoms with Crippen molar-refractivity contribution in [3.05, 3.63) is 181 Å². The Morgan fingerprint density at radius 2 is 1.09 bits per heavy atom. The van der Waals surface area contributed by atoms with E-state index in [1.54, 1.807) is 26.0 Å². The van der Waals surface area contributed by atoms with Crippen LogP contribution in [0.2, 0.25) is 0 Å². The Hall–Kier alpha value is -6.44. The van der Waals surface area contributed by atoms with Crippen LogP contribution in [0.25, 0.3) is 22.3 Å². The van der Waals surface area contributed by atoms with Crippen LogP contribution >= 0.6 is 15.1 Å². The Kier molecular flexibility index (Phi) is 12.9. The van der Waals surface area contributed by atoms with E-state index in [1.165, 1.54) is 0 Å². The second kappa shape index (κ2) is 18.6. The van der Waals surface area contributed by atoms with Crippen molar-refractivity contribution in [1.29, 1.82) is 0 Å². The van der Waals surface area contributed by atoms with Crippen LogP contribution in [0.3, 0.4) is 0 Å². The van der Waals surface area contributed by atoms with E-state index in [-0.39, 0.29) is 36.7 Å². The van der Waals surface area contributed by atoms with Gasteiger partial charge in [-0.2, -0.15) is 0 Å². The molecule has 12 heteroatoms. The van der Waals surface area contributed by atoms with E-state index < -0.39 is 44.6 Å². The van der Waals surface area contributed by atoms with Gasteiger partial charge in [0.05, 0.1) is 11.5 Å². The number of para-hydroxylation sites is 2. The molecule has 0 aliphatic carbocycles. The first kappa shape index (κ1) is 45.1. The molecule has 0 spiro atoms. The van der Waals surface area contributed by atoms with Crippen LogP contribution in [0.1, 0.15) is 38.8 Å². The molecular formula is C53H52O10P2. The van der Waals surface area contributed by atoms with Crippen LogP contribution < -0.4 is 29.1 Å². The first-order chi connectivity index (χ1) is 31.1. The molecule has 0 bridgehead atoms. The van der Waals surface area contributed by atoms with Gasteiger partial charge in [-0.3, -0.25) is 4.57 Å². The van der Waals surface area contributed by atoms with Crippen molar-refractivity contribution in [3.8, 4) is 45.3 Å². The molecule has 0 aromatic heterocycles. The smallest absolute Gasteiger partial charge is 0.439 e. The van der Waals surface area contributed by atoms with Crippen molar-refractivity contribution in [2.45, 2.75) is 45.3 Å². The summed E-state index contributed by atoms with van der Waals surface area (Å²) in [5.74, 6) is 1.01. The summed E-state index contributed by atoms with van der Waals surface area (Å²) in [6.45, 7) is 14.8. The summed E-state index contributed by atoms with van der Waals surface area (Å²) in [4.78, 5) is 37.8. The molecule has 0 fully saturated rings. The molecule has 2 aliphatic heterocycles. The van der Waals surface area contributed by atoms with Gasteiger partial charge in [0, 0.05) is 11.1 Å². The minimum atomic E-state index is -3.68. The molecule has 6 aromatic carbocycles. The number of carbonyl (C=O) groups is 2. The van der Waals surface area contributed by atoms with Crippen molar-refractivity contribution in [2.75, 3.05) is 25.5 Å². The number of rotatable bonds is 16. The van der Waals surface area contributed by atoms with Crippen LogP contribution in [0.4, 0.5) is 0 Å². The fraction of sp³-hybridized carbons (Fsp3) is 0.208. The van der Waals surface area contributed by atoms with Gasteiger partial charge in [-0.25, -0.2) is 4.79 Å². The molecule has 3 unspecified atom stereocenters. The van der Waals surface area contributed by atoms with Gasteiger partial charge in [0.25, 0.3) is 7.37 Å². The molecule has 6 aromatic rings. The second-order valence-corrected chi connectivity index (χ2v) is 22.1. The topological polar surface area (TPSA) is 127 Å². The zero-order chi connectivity index (χ0) is 45.9. The quantitative estimate of drug-likeness (QED) is 0.0570. The predicted molar refractivity (Wildman–Crippen MR) is 258 cm³/mol. The third-order valence-electron chi connectivity index (χ3n) is 11.7. The van der Waals surface area contributed by atoms with E-state index >= 15 is 0 Å². The Balaban J connectivity index is 0.931. The number of benzene rings is 6. The summed E-state index contributed by atoms with van der Waals surface area (Å²) < 4.78 is 51.3. The van der Waals surface area contributed by atoms with Crippen LogP contribution in [-0.4, -0.2) is 54.6 Å². The second-order valence-electron chi connectivity index (χ2n) is 17.0. The Bertz CT molecular complexity index is 2820. The van der Waals surface area contributed by atoms with E-state index in [2.05, 4.69) is 27.0 Å². The van der Waals surface area contributed by atoms with Gasteiger partial charge >= 0.3 is 237 Å². The zero-order valence-electron chi connectivity index (χ0n) is 36.8. The van der Waals surface area contributed by atoms with E-state index in [4.69, 9.17) is 28.0 Å². The van der Waals surface area contributed by atoms with Gasteiger partial charge in [0.2, 0.25) is 0 Å². The maximum atomic E-state index is 14.7. The number of hydrogen-bond acceptors (Lipinski definition) is 10.